The number of benzene rings is 2. The summed E-state index contributed by atoms with van der Waals surface area (Å²) in [6.07, 6.45) is 0.595. The quantitative estimate of drug-likeness (QED) is 0.449. The van der Waals surface area contributed by atoms with Gasteiger partial charge in [-0.1, -0.05) is 42.5 Å². The molecule has 0 bridgehead atoms. The van der Waals surface area contributed by atoms with Crippen molar-refractivity contribution in [2.75, 3.05) is 6.61 Å². The molecule has 8 heteroatoms. The number of hydrogen-bond donors (Lipinski definition) is 0. The van der Waals surface area contributed by atoms with E-state index < -0.39 is 17.6 Å². The minimum atomic E-state index is -0.920. The molecule has 0 atom stereocenters. The van der Waals surface area contributed by atoms with Gasteiger partial charge in [-0.3, -0.25) is 4.79 Å². The molecule has 0 aliphatic carbocycles. The number of halogens is 2. The van der Waals surface area contributed by atoms with Gasteiger partial charge >= 0.3 is 5.97 Å². The van der Waals surface area contributed by atoms with E-state index in [0.717, 1.165) is 11.6 Å². The fourth-order valence-electron chi connectivity index (χ4n) is 2.48. The standard InChI is InChI=1S/C19H18F2N4O2/c20-16-9-4-8-14(18(16)21)10-11-17(26)27-13-5-12-25-23-19(22-24-25)15-6-2-1-3-7-15/h1-4,6-9H,5,10-13H2. The number of hydrogen-bond acceptors (Lipinski definition) is 5. The Hall–Kier alpha value is -3.16. The van der Waals surface area contributed by atoms with E-state index in [4.69, 9.17) is 4.74 Å². The van der Waals surface area contributed by atoms with Crippen molar-refractivity contribution in [3.8, 4) is 11.4 Å². The molecular formula is C19H18F2N4O2. The largest absolute Gasteiger partial charge is 0.466 e. The van der Waals surface area contributed by atoms with Crippen LogP contribution in [-0.4, -0.2) is 32.8 Å². The summed E-state index contributed by atoms with van der Waals surface area (Å²) in [4.78, 5) is 13.2. The van der Waals surface area contributed by atoms with Gasteiger partial charge in [0.25, 0.3) is 0 Å². The van der Waals surface area contributed by atoms with Gasteiger partial charge in [-0.15, -0.1) is 10.2 Å². The van der Waals surface area contributed by atoms with Crippen molar-refractivity contribution >= 4 is 5.97 Å². The molecule has 0 amide bonds. The lowest BCUT2D eigenvalue weighted by Crippen LogP contribution is -2.11. The molecule has 0 aliphatic rings. The van der Waals surface area contributed by atoms with Crippen molar-refractivity contribution in [3.05, 3.63) is 65.7 Å². The first-order valence-electron chi connectivity index (χ1n) is 8.55. The van der Waals surface area contributed by atoms with E-state index in [9.17, 15) is 13.6 Å². The Balaban J connectivity index is 1.38. The van der Waals surface area contributed by atoms with Gasteiger partial charge in [0.1, 0.15) is 0 Å². The summed E-state index contributed by atoms with van der Waals surface area (Å²) in [6, 6.07) is 13.4. The van der Waals surface area contributed by atoms with Crippen LogP contribution in [0.4, 0.5) is 8.78 Å². The lowest BCUT2D eigenvalue weighted by Gasteiger charge is -2.05. The number of tetrazole rings is 1. The Morgan fingerprint density at radius 3 is 2.70 bits per heavy atom. The van der Waals surface area contributed by atoms with Gasteiger partial charge in [0.2, 0.25) is 5.82 Å². The van der Waals surface area contributed by atoms with Crippen LogP contribution in [0.25, 0.3) is 11.4 Å². The first-order valence-corrected chi connectivity index (χ1v) is 8.55. The highest BCUT2D eigenvalue weighted by atomic mass is 19.2. The summed E-state index contributed by atoms with van der Waals surface area (Å²) >= 11 is 0. The number of rotatable bonds is 8. The SMILES string of the molecule is O=C(CCc1cccc(F)c1F)OCCCn1nnc(-c2ccccc2)n1. The van der Waals surface area contributed by atoms with E-state index >= 15 is 0 Å². The number of nitrogens with zero attached hydrogens (tertiary/aromatic N) is 4. The highest BCUT2D eigenvalue weighted by Crippen LogP contribution is 2.14. The minimum absolute atomic E-state index is 0.0138. The van der Waals surface area contributed by atoms with Crippen LogP contribution in [0, 0.1) is 11.6 Å². The van der Waals surface area contributed by atoms with E-state index in [-0.39, 0.29) is 25.0 Å². The number of carbonyl (C=O) groups is 1. The first kappa shape index (κ1) is 18.6. The predicted octanol–water partition coefficient (Wildman–Crippen LogP) is 3.18. The van der Waals surface area contributed by atoms with Gasteiger partial charge in [0.05, 0.1) is 13.2 Å². The monoisotopic (exact) mass is 372 g/mol. The fraction of sp³-hybridized carbons (Fsp3) is 0.263. The third kappa shape index (κ3) is 5.16. The Morgan fingerprint density at radius 2 is 1.89 bits per heavy atom. The van der Waals surface area contributed by atoms with Crippen LogP contribution in [0.3, 0.4) is 0 Å². The second kappa shape index (κ2) is 8.98. The molecule has 0 N–H and O–H groups in total. The molecule has 0 saturated carbocycles. The Morgan fingerprint density at radius 1 is 1.07 bits per heavy atom. The predicted molar refractivity (Wildman–Crippen MR) is 93.5 cm³/mol. The summed E-state index contributed by atoms with van der Waals surface area (Å²) in [5.41, 5.74) is 1.03. The molecule has 0 saturated heterocycles. The van der Waals surface area contributed by atoms with Gasteiger partial charge in [-0.05, 0) is 23.3 Å². The summed E-state index contributed by atoms with van der Waals surface area (Å²) in [7, 11) is 0. The zero-order chi connectivity index (χ0) is 19.1. The van der Waals surface area contributed by atoms with Crippen LogP contribution in [0.5, 0.6) is 0 Å². The molecule has 1 heterocycles. The van der Waals surface area contributed by atoms with Gasteiger partial charge in [0, 0.05) is 18.4 Å². The molecule has 0 unspecified atom stereocenters. The number of carbonyl (C=O) groups excluding carboxylic acids is 1. The van der Waals surface area contributed by atoms with Crippen LogP contribution >= 0.6 is 0 Å². The molecule has 3 aromatic rings. The van der Waals surface area contributed by atoms with Crippen LogP contribution < -0.4 is 0 Å². The maximum atomic E-state index is 13.5. The molecule has 0 fully saturated rings. The molecule has 0 radical (unpaired) electrons. The molecule has 3 rings (SSSR count). The second-order valence-electron chi connectivity index (χ2n) is 5.86. The van der Waals surface area contributed by atoms with Gasteiger partial charge in [0.15, 0.2) is 11.6 Å². The number of aromatic nitrogens is 4. The minimum Gasteiger partial charge on any atom is -0.466 e. The summed E-state index contributed by atoms with van der Waals surface area (Å²) in [5.74, 6) is -1.77. The van der Waals surface area contributed by atoms with E-state index in [2.05, 4.69) is 15.4 Å². The van der Waals surface area contributed by atoms with Gasteiger partial charge in [-0.2, -0.15) is 4.80 Å². The average molecular weight is 372 g/mol. The van der Waals surface area contributed by atoms with Crippen LogP contribution in [0.1, 0.15) is 18.4 Å². The Kier molecular flexibility index (Phi) is 6.19. The normalized spacial score (nSPS) is 10.7. The summed E-state index contributed by atoms with van der Waals surface area (Å²) < 4.78 is 31.7. The van der Waals surface area contributed by atoms with Crippen molar-refractivity contribution in [3.63, 3.8) is 0 Å². The van der Waals surface area contributed by atoms with Crippen LogP contribution in [0.15, 0.2) is 48.5 Å². The van der Waals surface area contributed by atoms with Crippen molar-refractivity contribution in [2.45, 2.75) is 25.8 Å². The molecule has 27 heavy (non-hydrogen) atoms. The molecule has 1 aromatic heterocycles. The van der Waals surface area contributed by atoms with Gasteiger partial charge < -0.3 is 4.74 Å². The van der Waals surface area contributed by atoms with Crippen LogP contribution in [-0.2, 0) is 22.5 Å². The molecule has 0 aliphatic heterocycles. The molecule has 140 valence electrons. The van der Waals surface area contributed by atoms with E-state index in [1.165, 1.54) is 16.9 Å². The second-order valence-corrected chi connectivity index (χ2v) is 5.86. The molecule has 0 spiro atoms. The lowest BCUT2D eigenvalue weighted by atomic mass is 10.1. The number of ether oxygens (including phenoxy) is 1. The van der Waals surface area contributed by atoms with E-state index in [1.54, 1.807) is 0 Å². The van der Waals surface area contributed by atoms with Crippen molar-refractivity contribution < 1.29 is 18.3 Å². The molecular weight excluding hydrogens is 354 g/mol. The van der Waals surface area contributed by atoms with Gasteiger partial charge in [-0.25, -0.2) is 8.78 Å². The Bertz CT molecular complexity index is 900. The zero-order valence-electron chi connectivity index (χ0n) is 14.5. The summed E-state index contributed by atoms with van der Waals surface area (Å²) in [6.45, 7) is 0.637. The average Bonchev–Trinajstić information content (AvgIpc) is 3.16. The summed E-state index contributed by atoms with van der Waals surface area (Å²) in [5, 5.41) is 12.2. The molecule has 6 nitrogen and oxygen atoms in total. The zero-order valence-corrected chi connectivity index (χ0v) is 14.5. The maximum absolute atomic E-state index is 13.5. The van der Waals surface area contributed by atoms with Crippen molar-refractivity contribution in [2.24, 2.45) is 0 Å². The number of aryl methyl sites for hydroxylation is 2. The maximum Gasteiger partial charge on any atom is 0.306 e. The first-order chi connectivity index (χ1) is 13.1. The Labute approximate surface area is 154 Å². The topological polar surface area (TPSA) is 69.9 Å². The number of esters is 1. The van der Waals surface area contributed by atoms with Crippen LogP contribution in [0.2, 0.25) is 0 Å². The third-order valence-corrected chi connectivity index (χ3v) is 3.88. The highest BCUT2D eigenvalue weighted by Gasteiger charge is 2.11. The van der Waals surface area contributed by atoms with E-state index in [0.29, 0.717) is 18.8 Å². The van der Waals surface area contributed by atoms with Crippen molar-refractivity contribution in [1.82, 2.24) is 20.2 Å². The highest BCUT2D eigenvalue weighted by molar-refractivity contribution is 5.69. The molecule has 2 aromatic carbocycles. The van der Waals surface area contributed by atoms with E-state index in [1.807, 2.05) is 30.3 Å². The third-order valence-electron chi connectivity index (χ3n) is 3.88. The fourth-order valence-corrected chi connectivity index (χ4v) is 2.48. The lowest BCUT2D eigenvalue weighted by molar-refractivity contribution is -0.143. The smallest absolute Gasteiger partial charge is 0.306 e. The van der Waals surface area contributed by atoms with Crippen molar-refractivity contribution in [1.29, 1.82) is 0 Å².